The largest absolute Gasteiger partial charge is 0.461 e. The van der Waals surface area contributed by atoms with E-state index in [1.165, 1.54) is 18.2 Å². The Morgan fingerprint density at radius 3 is 2.89 bits per heavy atom. The summed E-state index contributed by atoms with van der Waals surface area (Å²) in [6.45, 7) is 1.77. The van der Waals surface area contributed by atoms with Gasteiger partial charge in [-0.1, -0.05) is 27.5 Å². The maximum atomic E-state index is 11.2. The Labute approximate surface area is 121 Å². The van der Waals surface area contributed by atoms with E-state index < -0.39 is 16.1 Å². The van der Waals surface area contributed by atoms with Crippen LogP contribution in [0.5, 0.6) is 0 Å². The highest BCUT2D eigenvalue weighted by Gasteiger charge is 2.15. The molecular weight excluding hydrogens is 341 g/mol. The number of nitro groups is 1. The number of nitro benzene ring substituents is 1. The zero-order chi connectivity index (χ0) is 14.4. The first kappa shape index (κ1) is 15.4. The second-order valence-electron chi connectivity index (χ2n) is 3.15. The lowest BCUT2D eigenvalue weighted by atomic mass is 10.3. The highest BCUT2D eigenvalue weighted by Crippen LogP contribution is 2.27. The van der Waals surface area contributed by atoms with Crippen molar-refractivity contribution >= 4 is 50.0 Å². The molecule has 0 radical (unpaired) electrons. The van der Waals surface area contributed by atoms with Gasteiger partial charge in [0, 0.05) is 10.5 Å². The molecule has 1 N–H and O–H groups in total. The third-order valence-electron chi connectivity index (χ3n) is 1.87. The molecule has 0 heterocycles. The predicted molar refractivity (Wildman–Crippen MR) is 74.3 cm³/mol. The normalized spacial score (nSPS) is 11.0. The number of esters is 1. The fraction of sp³-hybridized carbons (Fsp3) is 0.200. The van der Waals surface area contributed by atoms with Crippen molar-refractivity contribution in [1.82, 2.24) is 0 Å². The minimum atomic E-state index is -0.811. The van der Waals surface area contributed by atoms with Gasteiger partial charge in [0.15, 0.2) is 0 Å². The average Bonchev–Trinajstić information content (AvgIpc) is 2.35. The molecule has 0 atom stereocenters. The lowest BCUT2D eigenvalue weighted by molar-refractivity contribution is -0.384. The summed E-state index contributed by atoms with van der Waals surface area (Å²) in [5.74, 6) is -0.811. The molecule has 0 aliphatic carbocycles. The molecule has 0 aliphatic heterocycles. The van der Waals surface area contributed by atoms with Crippen LogP contribution in [0, 0.1) is 10.1 Å². The van der Waals surface area contributed by atoms with Crippen molar-refractivity contribution in [3.63, 3.8) is 0 Å². The predicted octanol–water partition coefficient (Wildman–Crippen LogP) is 2.88. The van der Waals surface area contributed by atoms with Gasteiger partial charge in [0.2, 0.25) is 5.17 Å². The van der Waals surface area contributed by atoms with Crippen molar-refractivity contribution < 1.29 is 14.5 Å². The minimum Gasteiger partial charge on any atom is -0.461 e. The minimum absolute atomic E-state index is 0.0989. The molecule has 9 heteroatoms. The van der Waals surface area contributed by atoms with Gasteiger partial charge in [0.05, 0.1) is 11.5 Å². The molecule has 0 saturated heterocycles. The number of hydrogen-bond acceptors (Lipinski definition) is 6. The summed E-state index contributed by atoms with van der Waals surface area (Å²) in [5.41, 5.74) is 2.26. The molecular formula is C10H9BrClN3O4. The molecule has 19 heavy (non-hydrogen) atoms. The highest BCUT2D eigenvalue weighted by molar-refractivity contribution is 9.10. The number of ether oxygens (including phenoxy) is 1. The number of hydrogen-bond donors (Lipinski definition) is 1. The van der Waals surface area contributed by atoms with Crippen molar-refractivity contribution in [2.24, 2.45) is 5.10 Å². The molecule has 0 fully saturated rings. The molecule has 1 aromatic carbocycles. The number of benzene rings is 1. The zero-order valence-corrected chi connectivity index (χ0v) is 12.1. The third-order valence-corrected chi connectivity index (χ3v) is 2.61. The van der Waals surface area contributed by atoms with Gasteiger partial charge in [0.1, 0.15) is 5.69 Å². The van der Waals surface area contributed by atoms with Crippen LogP contribution in [0.15, 0.2) is 27.8 Å². The van der Waals surface area contributed by atoms with E-state index in [0.29, 0.717) is 4.47 Å². The monoisotopic (exact) mass is 349 g/mol. The molecule has 0 aromatic heterocycles. The third kappa shape index (κ3) is 4.49. The van der Waals surface area contributed by atoms with E-state index in [9.17, 15) is 14.9 Å². The van der Waals surface area contributed by atoms with Crippen molar-refractivity contribution in [1.29, 1.82) is 0 Å². The van der Waals surface area contributed by atoms with Gasteiger partial charge in [-0.3, -0.25) is 15.5 Å². The van der Waals surface area contributed by atoms with Crippen molar-refractivity contribution in [2.75, 3.05) is 12.0 Å². The number of halogens is 2. The van der Waals surface area contributed by atoms with Gasteiger partial charge < -0.3 is 4.74 Å². The molecule has 0 bridgehead atoms. The Morgan fingerprint density at radius 1 is 1.63 bits per heavy atom. The second kappa shape index (κ2) is 7.05. The topological polar surface area (TPSA) is 93.8 Å². The van der Waals surface area contributed by atoms with E-state index in [2.05, 4.69) is 31.2 Å². The molecule has 0 unspecified atom stereocenters. The lowest BCUT2D eigenvalue weighted by Gasteiger charge is -2.03. The summed E-state index contributed by atoms with van der Waals surface area (Å²) in [6, 6.07) is 4.25. The van der Waals surface area contributed by atoms with Gasteiger partial charge in [-0.05, 0) is 19.1 Å². The molecule has 7 nitrogen and oxygen atoms in total. The van der Waals surface area contributed by atoms with Gasteiger partial charge in [0.25, 0.3) is 5.69 Å². The van der Waals surface area contributed by atoms with E-state index in [-0.39, 0.29) is 18.0 Å². The Hall–Kier alpha value is -1.67. The average molecular weight is 351 g/mol. The van der Waals surface area contributed by atoms with Crippen molar-refractivity contribution in [3.05, 3.63) is 32.8 Å². The van der Waals surface area contributed by atoms with Crippen LogP contribution in [-0.4, -0.2) is 22.7 Å². The van der Waals surface area contributed by atoms with Crippen LogP contribution in [-0.2, 0) is 9.53 Å². The van der Waals surface area contributed by atoms with Crippen LogP contribution in [0.2, 0.25) is 0 Å². The van der Waals surface area contributed by atoms with Gasteiger partial charge in [-0.25, -0.2) is 4.79 Å². The Kier molecular flexibility index (Phi) is 5.71. The fourth-order valence-corrected chi connectivity index (χ4v) is 1.56. The van der Waals surface area contributed by atoms with Crippen LogP contribution < -0.4 is 5.43 Å². The Bertz CT molecular complexity index is 536. The molecule has 1 aromatic rings. The van der Waals surface area contributed by atoms with Crippen LogP contribution >= 0.6 is 27.5 Å². The second-order valence-corrected chi connectivity index (χ2v) is 4.43. The zero-order valence-electron chi connectivity index (χ0n) is 9.72. The number of nitrogens with one attached hydrogen (secondary N) is 1. The molecule has 1 rings (SSSR count). The number of nitrogens with zero attached hydrogens (tertiary/aromatic N) is 2. The number of hydrazone groups is 1. The quantitative estimate of drug-likeness (QED) is 0.381. The van der Waals surface area contributed by atoms with Crippen LogP contribution in [0.4, 0.5) is 11.4 Å². The van der Waals surface area contributed by atoms with E-state index in [4.69, 9.17) is 11.6 Å². The summed E-state index contributed by atoms with van der Waals surface area (Å²) in [5, 5.41) is 13.9. The molecule has 0 aliphatic rings. The number of anilines is 1. The number of carbonyl (C=O) groups excluding carboxylic acids is 1. The summed E-state index contributed by atoms with van der Waals surface area (Å²) in [6.07, 6.45) is 0. The van der Waals surface area contributed by atoms with E-state index in [1.807, 2.05) is 0 Å². The SMILES string of the molecule is CCOC(=O)/C(Cl)=N/Nc1cc(Br)ccc1[N+](=O)[O-]. The Balaban J connectivity index is 2.93. The van der Waals surface area contributed by atoms with Gasteiger partial charge >= 0.3 is 5.97 Å². The van der Waals surface area contributed by atoms with Crippen molar-refractivity contribution in [3.8, 4) is 0 Å². The van der Waals surface area contributed by atoms with Crippen LogP contribution in [0.3, 0.4) is 0 Å². The smallest absolute Gasteiger partial charge is 0.370 e. The molecule has 0 amide bonds. The standard InChI is InChI=1S/C10H9BrClN3O4/c1-2-19-10(16)9(12)14-13-7-5-6(11)3-4-8(7)15(17)18/h3-5,13H,2H2,1H3/b14-9-. The summed E-state index contributed by atoms with van der Waals surface area (Å²) in [7, 11) is 0. The number of rotatable bonds is 5. The number of carbonyl (C=O) groups is 1. The lowest BCUT2D eigenvalue weighted by Crippen LogP contribution is -2.13. The van der Waals surface area contributed by atoms with Crippen LogP contribution in [0.25, 0.3) is 0 Å². The maximum absolute atomic E-state index is 11.2. The Morgan fingerprint density at radius 2 is 2.32 bits per heavy atom. The highest BCUT2D eigenvalue weighted by atomic mass is 79.9. The van der Waals surface area contributed by atoms with Gasteiger partial charge in [-0.15, -0.1) is 0 Å². The fourth-order valence-electron chi connectivity index (χ4n) is 1.10. The first-order valence-electron chi connectivity index (χ1n) is 5.06. The first-order chi connectivity index (χ1) is 8.95. The maximum Gasteiger partial charge on any atom is 0.370 e. The molecule has 102 valence electrons. The summed E-state index contributed by atoms with van der Waals surface area (Å²) >= 11 is 8.73. The summed E-state index contributed by atoms with van der Waals surface area (Å²) in [4.78, 5) is 21.4. The summed E-state index contributed by atoms with van der Waals surface area (Å²) < 4.78 is 5.22. The van der Waals surface area contributed by atoms with Crippen LogP contribution in [0.1, 0.15) is 6.92 Å². The van der Waals surface area contributed by atoms with E-state index in [0.717, 1.165) is 0 Å². The molecule has 0 spiro atoms. The molecule has 0 saturated carbocycles. The first-order valence-corrected chi connectivity index (χ1v) is 6.23. The van der Waals surface area contributed by atoms with E-state index >= 15 is 0 Å². The van der Waals surface area contributed by atoms with E-state index in [1.54, 1.807) is 6.92 Å². The van der Waals surface area contributed by atoms with Crippen molar-refractivity contribution in [2.45, 2.75) is 6.92 Å². The van der Waals surface area contributed by atoms with Gasteiger partial charge in [-0.2, -0.15) is 5.10 Å².